The van der Waals surface area contributed by atoms with E-state index in [-0.39, 0.29) is 24.0 Å². The van der Waals surface area contributed by atoms with Gasteiger partial charge in [0.2, 0.25) is 0 Å². The molecule has 1 aromatic rings. The van der Waals surface area contributed by atoms with Gasteiger partial charge in [-0.25, -0.2) is 4.79 Å². The van der Waals surface area contributed by atoms with E-state index < -0.39 is 5.97 Å². The average molecular weight is 411 g/mol. The minimum Gasteiger partial charge on any atom is -0.462 e. The smallest absolute Gasteiger partial charge is 0.341 e. The van der Waals surface area contributed by atoms with Crippen LogP contribution in [-0.4, -0.2) is 44.0 Å². The average Bonchev–Trinajstić information content (AvgIpc) is 2.96. The van der Waals surface area contributed by atoms with Crippen molar-refractivity contribution in [3.63, 3.8) is 0 Å². The van der Waals surface area contributed by atoms with Crippen LogP contribution in [0.1, 0.15) is 77.5 Å². The Bertz CT molecular complexity index is 694. The number of nitrogens with one attached hydrogen (secondary N) is 2. The normalized spacial score (nSPS) is 15.4. The molecule has 28 heavy (non-hydrogen) atoms. The van der Waals surface area contributed by atoms with Crippen LogP contribution in [0.2, 0.25) is 0 Å². The van der Waals surface area contributed by atoms with Gasteiger partial charge in [0.15, 0.2) is 6.54 Å². The van der Waals surface area contributed by atoms with Gasteiger partial charge in [-0.3, -0.25) is 9.59 Å². The lowest BCUT2D eigenvalue weighted by Crippen LogP contribution is -2.91. The molecule has 0 bridgehead atoms. The SMILES string of the molecule is CCOC(=O)c1c(NC(=O)C[NH2+]C2CCCCCCC2)sc(C(=O)NC)c1C. The number of hydrogen-bond acceptors (Lipinski definition) is 5. The zero-order chi connectivity index (χ0) is 20.5. The molecule has 1 aliphatic carbocycles. The Morgan fingerprint density at radius 1 is 1.14 bits per heavy atom. The lowest BCUT2D eigenvalue weighted by molar-refractivity contribution is -0.680. The Hall–Kier alpha value is -1.93. The van der Waals surface area contributed by atoms with Crippen LogP contribution in [-0.2, 0) is 9.53 Å². The van der Waals surface area contributed by atoms with Crippen LogP contribution in [0.3, 0.4) is 0 Å². The van der Waals surface area contributed by atoms with Gasteiger partial charge < -0.3 is 20.7 Å². The van der Waals surface area contributed by atoms with Crippen LogP contribution < -0.4 is 16.0 Å². The Labute approximate surface area is 170 Å². The number of thiophene rings is 1. The van der Waals surface area contributed by atoms with Gasteiger partial charge in [0, 0.05) is 7.05 Å². The molecule has 0 radical (unpaired) electrons. The van der Waals surface area contributed by atoms with Gasteiger partial charge >= 0.3 is 5.97 Å². The molecule has 0 aromatic carbocycles. The van der Waals surface area contributed by atoms with Crippen LogP contribution in [0.5, 0.6) is 0 Å². The van der Waals surface area contributed by atoms with E-state index in [1.165, 1.54) is 39.2 Å². The van der Waals surface area contributed by atoms with E-state index in [4.69, 9.17) is 4.74 Å². The number of carbonyl (C=O) groups is 3. The molecule has 0 saturated heterocycles. The van der Waals surface area contributed by atoms with Gasteiger partial charge in [0.25, 0.3) is 11.8 Å². The second-order valence-electron chi connectivity index (χ2n) is 7.15. The van der Waals surface area contributed by atoms with Crippen LogP contribution in [0, 0.1) is 6.92 Å². The summed E-state index contributed by atoms with van der Waals surface area (Å²) >= 11 is 1.11. The fraction of sp³-hybridized carbons (Fsp3) is 0.650. The summed E-state index contributed by atoms with van der Waals surface area (Å²) in [6.45, 7) is 3.95. The van der Waals surface area contributed by atoms with Crippen molar-refractivity contribution in [1.82, 2.24) is 5.32 Å². The maximum atomic E-state index is 12.5. The van der Waals surface area contributed by atoms with Gasteiger partial charge in [0.1, 0.15) is 5.00 Å². The predicted octanol–water partition coefficient (Wildman–Crippen LogP) is 2.21. The molecule has 2 rings (SSSR count). The number of nitrogens with two attached hydrogens (primary N) is 1. The molecule has 1 saturated carbocycles. The largest absolute Gasteiger partial charge is 0.462 e. The Kier molecular flexibility index (Phi) is 8.92. The standard InChI is InChI=1S/C20H31N3O4S/c1-4-27-20(26)16-13(2)17(18(25)21-3)28-19(16)23-15(24)12-22-14-10-8-6-5-7-9-11-14/h14,22H,4-12H2,1-3H3,(H,21,25)(H,23,24)/p+1. The highest BCUT2D eigenvalue weighted by atomic mass is 32.1. The summed E-state index contributed by atoms with van der Waals surface area (Å²) in [5, 5.41) is 7.87. The molecule has 8 heteroatoms. The molecule has 0 aliphatic heterocycles. The highest BCUT2D eigenvalue weighted by Gasteiger charge is 2.26. The highest BCUT2D eigenvalue weighted by molar-refractivity contribution is 7.18. The molecule has 0 atom stereocenters. The molecule has 1 aromatic heterocycles. The summed E-state index contributed by atoms with van der Waals surface area (Å²) in [6, 6.07) is 0.474. The van der Waals surface area contributed by atoms with E-state index in [0.717, 1.165) is 24.2 Å². The number of quaternary nitrogens is 1. The third kappa shape index (κ3) is 6.04. The molecule has 1 heterocycles. The summed E-state index contributed by atoms with van der Waals surface area (Å²) in [6.07, 6.45) is 8.58. The van der Waals surface area contributed by atoms with Crippen molar-refractivity contribution in [2.75, 3.05) is 25.5 Å². The van der Waals surface area contributed by atoms with Crippen molar-refractivity contribution in [1.29, 1.82) is 0 Å². The molecule has 156 valence electrons. The first kappa shape index (κ1) is 22.4. The van der Waals surface area contributed by atoms with Crippen molar-refractivity contribution in [3.05, 3.63) is 16.0 Å². The molecule has 1 fully saturated rings. The maximum absolute atomic E-state index is 12.5. The van der Waals surface area contributed by atoms with Crippen LogP contribution in [0.4, 0.5) is 5.00 Å². The number of amides is 2. The van der Waals surface area contributed by atoms with E-state index in [0.29, 0.717) is 28.0 Å². The number of rotatable bonds is 7. The van der Waals surface area contributed by atoms with E-state index in [2.05, 4.69) is 16.0 Å². The summed E-state index contributed by atoms with van der Waals surface area (Å²) in [4.78, 5) is 37.4. The first-order chi connectivity index (χ1) is 13.5. The minimum atomic E-state index is -0.522. The van der Waals surface area contributed by atoms with E-state index >= 15 is 0 Å². The second-order valence-corrected chi connectivity index (χ2v) is 8.17. The summed E-state index contributed by atoms with van der Waals surface area (Å²) in [5.41, 5.74) is 0.798. The minimum absolute atomic E-state index is 0.169. The van der Waals surface area contributed by atoms with Gasteiger partial charge in [-0.1, -0.05) is 19.3 Å². The fourth-order valence-corrected chi connectivity index (χ4v) is 4.71. The van der Waals surface area contributed by atoms with Crippen molar-refractivity contribution in [3.8, 4) is 0 Å². The third-order valence-corrected chi connectivity index (χ3v) is 6.31. The number of carbonyl (C=O) groups excluding carboxylic acids is 3. The van der Waals surface area contributed by atoms with Gasteiger partial charge in [-0.2, -0.15) is 0 Å². The number of hydrogen-bond donors (Lipinski definition) is 3. The molecule has 1 aliphatic rings. The summed E-state index contributed by atoms with van der Waals surface area (Å²) < 4.78 is 5.12. The van der Waals surface area contributed by atoms with Crippen LogP contribution in [0.15, 0.2) is 0 Å². The van der Waals surface area contributed by atoms with Gasteiger partial charge in [-0.05, 0) is 45.1 Å². The third-order valence-electron chi connectivity index (χ3n) is 5.10. The second kappa shape index (κ2) is 11.2. The highest BCUT2D eigenvalue weighted by Crippen LogP contribution is 2.33. The zero-order valence-corrected chi connectivity index (χ0v) is 17.9. The van der Waals surface area contributed by atoms with Crippen molar-refractivity contribution in [2.24, 2.45) is 0 Å². The quantitative estimate of drug-likeness (QED) is 0.600. The molecular weight excluding hydrogens is 378 g/mol. The molecular formula is C20H32N3O4S+. The Morgan fingerprint density at radius 2 is 1.79 bits per heavy atom. The topological polar surface area (TPSA) is 101 Å². The number of anilines is 1. The van der Waals surface area contributed by atoms with Gasteiger partial charge in [-0.15, -0.1) is 11.3 Å². The van der Waals surface area contributed by atoms with Gasteiger partial charge in [0.05, 0.1) is 23.1 Å². The van der Waals surface area contributed by atoms with Crippen LogP contribution >= 0.6 is 11.3 Å². The predicted molar refractivity (Wildman–Crippen MR) is 110 cm³/mol. The number of ether oxygens (including phenoxy) is 1. The lowest BCUT2D eigenvalue weighted by Gasteiger charge is -2.18. The van der Waals surface area contributed by atoms with Crippen molar-refractivity contribution in [2.45, 2.75) is 64.8 Å². The summed E-state index contributed by atoms with van der Waals surface area (Å²) in [7, 11) is 1.54. The first-order valence-corrected chi connectivity index (χ1v) is 10.9. The summed E-state index contributed by atoms with van der Waals surface area (Å²) in [5.74, 6) is -0.974. The number of esters is 1. The van der Waals surface area contributed by atoms with Crippen molar-refractivity contribution < 1.29 is 24.4 Å². The van der Waals surface area contributed by atoms with E-state index in [1.54, 1.807) is 13.8 Å². The van der Waals surface area contributed by atoms with E-state index in [1.807, 2.05) is 0 Å². The lowest BCUT2D eigenvalue weighted by atomic mass is 9.97. The Balaban J connectivity index is 2.07. The zero-order valence-electron chi connectivity index (χ0n) is 17.1. The molecule has 7 nitrogen and oxygen atoms in total. The molecule has 0 spiro atoms. The maximum Gasteiger partial charge on any atom is 0.341 e. The molecule has 0 unspecified atom stereocenters. The molecule has 4 N–H and O–H groups in total. The first-order valence-electron chi connectivity index (χ1n) is 10.1. The fourth-order valence-electron chi connectivity index (χ4n) is 3.56. The Morgan fingerprint density at radius 3 is 2.39 bits per heavy atom. The van der Waals surface area contributed by atoms with Crippen molar-refractivity contribution >= 4 is 34.1 Å². The van der Waals surface area contributed by atoms with Crippen LogP contribution in [0.25, 0.3) is 0 Å². The van der Waals surface area contributed by atoms with E-state index in [9.17, 15) is 14.4 Å². The monoisotopic (exact) mass is 410 g/mol. The molecule has 2 amide bonds.